The Morgan fingerprint density at radius 3 is 2.41 bits per heavy atom. The van der Waals surface area contributed by atoms with E-state index < -0.39 is 5.51 Å². The average Bonchev–Trinajstić information content (AvgIpc) is 2.43. The van der Waals surface area contributed by atoms with Gasteiger partial charge in [-0.25, -0.2) is 0 Å². The number of hydrogen-bond donors (Lipinski definition) is 1. The van der Waals surface area contributed by atoms with E-state index in [0.717, 1.165) is 44.6 Å². The van der Waals surface area contributed by atoms with Gasteiger partial charge in [-0.15, -0.1) is 0 Å². The van der Waals surface area contributed by atoms with Crippen LogP contribution in [0.5, 0.6) is 0 Å². The fourth-order valence-electron chi connectivity index (χ4n) is 3.41. The van der Waals surface area contributed by atoms with Crippen LogP contribution in [-0.2, 0) is 0 Å². The number of halogens is 3. The Balaban J connectivity index is 1.89. The summed E-state index contributed by atoms with van der Waals surface area (Å²) in [5.41, 5.74) is -3.37. The average molecular weight is 330 g/mol. The van der Waals surface area contributed by atoms with Crippen molar-refractivity contribution >= 4 is 11.8 Å². The highest BCUT2D eigenvalue weighted by atomic mass is 32.2. The summed E-state index contributed by atoms with van der Waals surface area (Å²) in [5, 5.41) is 3.32. The lowest BCUT2D eigenvalue weighted by atomic mass is 9.76. The van der Waals surface area contributed by atoms with Crippen molar-refractivity contribution in [1.82, 2.24) is 10.2 Å². The topological polar surface area (TPSA) is 15.3 Å². The number of rotatable bonds is 4. The first-order chi connectivity index (χ1) is 10.5. The largest absolute Gasteiger partial charge is 0.446 e. The van der Waals surface area contributed by atoms with E-state index in [1.54, 1.807) is 12.1 Å². The third kappa shape index (κ3) is 3.78. The van der Waals surface area contributed by atoms with Crippen LogP contribution in [0.3, 0.4) is 0 Å². The van der Waals surface area contributed by atoms with Crippen molar-refractivity contribution in [2.75, 3.05) is 26.2 Å². The molecule has 2 nitrogen and oxygen atoms in total. The van der Waals surface area contributed by atoms with Crippen LogP contribution in [0, 0.1) is 5.92 Å². The van der Waals surface area contributed by atoms with Crippen molar-refractivity contribution in [2.24, 2.45) is 5.92 Å². The van der Waals surface area contributed by atoms with Gasteiger partial charge < -0.3 is 5.32 Å². The number of piperazine rings is 1. The predicted molar refractivity (Wildman–Crippen MR) is 82.9 cm³/mol. The minimum absolute atomic E-state index is 0.0294. The number of thioether (sulfide) groups is 1. The number of benzene rings is 1. The maximum absolute atomic E-state index is 12.9. The van der Waals surface area contributed by atoms with Gasteiger partial charge in [-0.1, -0.05) is 24.6 Å². The van der Waals surface area contributed by atoms with E-state index in [1.807, 2.05) is 12.1 Å². The van der Waals surface area contributed by atoms with E-state index in [1.165, 1.54) is 6.42 Å². The molecule has 1 N–H and O–H groups in total. The van der Waals surface area contributed by atoms with Crippen molar-refractivity contribution < 1.29 is 13.2 Å². The maximum Gasteiger partial charge on any atom is 0.446 e. The Labute approximate surface area is 133 Å². The van der Waals surface area contributed by atoms with Crippen LogP contribution in [0.1, 0.15) is 30.9 Å². The summed E-state index contributed by atoms with van der Waals surface area (Å²) in [7, 11) is 0. The van der Waals surface area contributed by atoms with Crippen LogP contribution in [0.25, 0.3) is 0 Å². The van der Waals surface area contributed by atoms with Gasteiger partial charge in [0.05, 0.1) is 0 Å². The van der Waals surface area contributed by atoms with Gasteiger partial charge in [-0.3, -0.25) is 4.90 Å². The van der Waals surface area contributed by atoms with Gasteiger partial charge in [0.25, 0.3) is 0 Å². The monoisotopic (exact) mass is 330 g/mol. The maximum atomic E-state index is 12.9. The molecule has 1 heterocycles. The summed E-state index contributed by atoms with van der Waals surface area (Å²) >= 11 is 0.0294. The number of nitrogens with one attached hydrogen (secondary N) is 1. The van der Waals surface area contributed by atoms with Gasteiger partial charge in [0.2, 0.25) is 0 Å². The van der Waals surface area contributed by atoms with Gasteiger partial charge in [0, 0.05) is 37.1 Å². The predicted octanol–water partition coefficient (Wildman–Crippen LogP) is 4.04. The molecule has 1 aliphatic heterocycles. The molecule has 1 aliphatic carbocycles. The van der Waals surface area contributed by atoms with E-state index >= 15 is 0 Å². The Morgan fingerprint density at radius 1 is 1.14 bits per heavy atom. The molecule has 1 saturated heterocycles. The van der Waals surface area contributed by atoms with Crippen LogP contribution < -0.4 is 5.32 Å². The van der Waals surface area contributed by atoms with Gasteiger partial charge in [0.15, 0.2) is 0 Å². The third-order valence-electron chi connectivity index (χ3n) is 4.60. The normalized spacial score (nSPS) is 22.3. The van der Waals surface area contributed by atoms with Gasteiger partial charge in [0.1, 0.15) is 0 Å². The summed E-state index contributed by atoms with van der Waals surface area (Å²) in [6.07, 6.45) is 3.45. The lowest BCUT2D eigenvalue weighted by molar-refractivity contribution is -0.0329. The zero-order chi connectivity index (χ0) is 15.6. The number of alkyl halides is 3. The summed E-state index contributed by atoms with van der Waals surface area (Å²) in [6.45, 7) is 3.65. The molecule has 2 fully saturated rings. The molecule has 1 atom stereocenters. The second-order valence-corrected chi connectivity index (χ2v) is 7.11. The molecule has 0 bridgehead atoms. The quantitative estimate of drug-likeness (QED) is 0.839. The Bertz CT molecular complexity index is 496. The molecule has 0 radical (unpaired) electrons. The molecular formula is C16H21F3N2S. The van der Waals surface area contributed by atoms with Crippen molar-refractivity contribution in [3.63, 3.8) is 0 Å². The lowest BCUT2D eigenvalue weighted by Gasteiger charge is -2.43. The fourth-order valence-corrected chi connectivity index (χ4v) is 4.11. The van der Waals surface area contributed by atoms with E-state index in [-0.39, 0.29) is 17.8 Å². The van der Waals surface area contributed by atoms with E-state index in [2.05, 4.69) is 10.2 Å². The standard InChI is InChI=1S/C16H21F3N2S/c17-16(18,19)22-14-7-2-1-6-13(14)15(12-4-3-5-12)21-10-8-20-9-11-21/h1-2,6-7,12,15,20H,3-5,8-11H2/t15-/m0/s1. The molecule has 1 aromatic carbocycles. The molecule has 3 rings (SSSR count). The molecule has 0 spiro atoms. The van der Waals surface area contributed by atoms with Crippen LogP contribution in [0.15, 0.2) is 29.2 Å². The molecule has 0 amide bonds. The highest BCUT2D eigenvalue weighted by Gasteiger charge is 2.37. The van der Waals surface area contributed by atoms with Gasteiger partial charge in [-0.2, -0.15) is 13.2 Å². The summed E-state index contributed by atoms with van der Waals surface area (Å²) < 4.78 is 38.6. The molecule has 6 heteroatoms. The highest BCUT2D eigenvalue weighted by Crippen LogP contribution is 2.47. The first-order valence-electron chi connectivity index (χ1n) is 7.84. The van der Waals surface area contributed by atoms with Gasteiger partial charge >= 0.3 is 5.51 Å². The molecule has 122 valence electrons. The summed E-state index contributed by atoms with van der Waals surface area (Å²) in [6, 6.07) is 7.19. The SMILES string of the molecule is FC(F)(F)Sc1ccccc1[C@H](C1CCC1)N1CCNCC1. The Morgan fingerprint density at radius 2 is 1.82 bits per heavy atom. The molecule has 1 saturated carbocycles. The van der Waals surface area contributed by atoms with Crippen molar-refractivity contribution in [1.29, 1.82) is 0 Å². The van der Waals surface area contributed by atoms with Crippen LogP contribution in [0.2, 0.25) is 0 Å². The lowest BCUT2D eigenvalue weighted by Crippen LogP contribution is -2.48. The summed E-state index contributed by atoms with van der Waals surface area (Å²) in [4.78, 5) is 2.74. The zero-order valence-electron chi connectivity index (χ0n) is 12.4. The molecule has 2 aliphatic rings. The second-order valence-electron chi connectivity index (χ2n) is 6.01. The minimum Gasteiger partial charge on any atom is -0.314 e. The second kappa shape index (κ2) is 6.81. The Hall–Kier alpha value is -0.720. The smallest absolute Gasteiger partial charge is 0.314 e. The van der Waals surface area contributed by atoms with E-state index in [0.29, 0.717) is 10.8 Å². The number of nitrogens with zero attached hydrogens (tertiary/aromatic N) is 1. The van der Waals surface area contributed by atoms with Gasteiger partial charge in [-0.05, 0) is 42.2 Å². The van der Waals surface area contributed by atoms with Crippen molar-refractivity contribution in [3.8, 4) is 0 Å². The summed E-state index contributed by atoms with van der Waals surface area (Å²) in [5.74, 6) is 0.494. The third-order valence-corrected chi connectivity index (χ3v) is 5.43. The van der Waals surface area contributed by atoms with Crippen molar-refractivity contribution in [3.05, 3.63) is 29.8 Å². The first kappa shape index (κ1) is 16.1. The minimum atomic E-state index is -4.23. The molecule has 0 aromatic heterocycles. The molecule has 22 heavy (non-hydrogen) atoms. The molecule has 1 aromatic rings. The molecule has 0 unspecified atom stereocenters. The fraction of sp³-hybridized carbons (Fsp3) is 0.625. The van der Waals surface area contributed by atoms with Crippen molar-refractivity contribution in [2.45, 2.75) is 35.7 Å². The van der Waals surface area contributed by atoms with Crippen LogP contribution in [0.4, 0.5) is 13.2 Å². The first-order valence-corrected chi connectivity index (χ1v) is 8.66. The van der Waals surface area contributed by atoms with Crippen LogP contribution >= 0.6 is 11.8 Å². The zero-order valence-corrected chi connectivity index (χ0v) is 13.2. The molecular weight excluding hydrogens is 309 g/mol. The van der Waals surface area contributed by atoms with E-state index in [4.69, 9.17) is 0 Å². The highest BCUT2D eigenvalue weighted by molar-refractivity contribution is 8.00. The Kier molecular flexibility index (Phi) is 5.00. The van der Waals surface area contributed by atoms with Crippen LogP contribution in [-0.4, -0.2) is 36.6 Å². The van der Waals surface area contributed by atoms with E-state index in [9.17, 15) is 13.2 Å². The number of hydrogen-bond acceptors (Lipinski definition) is 3.